The number of carboxylic acid groups (broad SMARTS) is 1. The van der Waals surface area contributed by atoms with E-state index in [0.717, 1.165) is 10.5 Å². The number of halogens is 3. The first-order valence-corrected chi connectivity index (χ1v) is 9.93. The third-order valence-corrected chi connectivity index (χ3v) is 5.17. The molecule has 3 aromatic rings. The monoisotopic (exact) mass is 453 g/mol. The molecule has 0 unspecified atom stereocenters. The number of thioether (sulfide) groups is 1. The predicted octanol–water partition coefficient (Wildman–Crippen LogP) is 4.44. The summed E-state index contributed by atoms with van der Waals surface area (Å²) in [7, 11) is 1.78. The number of rotatable bonds is 8. The van der Waals surface area contributed by atoms with E-state index >= 15 is 0 Å². The summed E-state index contributed by atoms with van der Waals surface area (Å²) in [6, 6.07) is 10.9. The van der Waals surface area contributed by atoms with Crippen LogP contribution in [0.3, 0.4) is 0 Å². The van der Waals surface area contributed by atoms with Crippen molar-refractivity contribution in [2.45, 2.75) is 23.9 Å². The minimum atomic E-state index is -4.74. The zero-order valence-corrected chi connectivity index (χ0v) is 17.3. The van der Waals surface area contributed by atoms with Gasteiger partial charge in [-0.2, -0.15) is 0 Å². The molecule has 0 bridgehead atoms. The highest BCUT2D eigenvalue weighted by Crippen LogP contribution is 2.29. The van der Waals surface area contributed by atoms with Crippen LogP contribution in [-0.2, 0) is 17.6 Å². The molecule has 0 aliphatic carbocycles. The minimum Gasteiger partial charge on any atom is -0.482 e. The lowest BCUT2D eigenvalue weighted by Crippen LogP contribution is -2.16. The van der Waals surface area contributed by atoms with E-state index in [1.807, 2.05) is 19.1 Å². The Hall–Kier alpha value is -3.21. The number of carboxylic acids is 1. The predicted molar refractivity (Wildman–Crippen MR) is 107 cm³/mol. The van der Waals surface area contributed by atoms with Crippen molar-refractivity contribution in [3.63, 3.8) is 0 Å². The second-order valence-corrected chi connectivity index (χ2v) is 7.52. The van der Waals surface area contributed by atoms with Crippen molar-refractivity contribution in [3.8, 4) is 22.9 Å². The zero-order valence-electron chi connectivity index (χ0n) is 16.5. The summed E-state index contributed by atoms with van der Waals surface area (Å²) in [5, 5.41) is 17.0. The van der Waals surface area contributed by atoms with Gasteiger partial charge in [0, 0.05) is 17.5 Å². The molecule has 164 valence electrons. The van der Waals surface area contributed by atoms with Gasteiger partial charge in [-0.05, 0) is 55.0 Å². The van der Waals surface area contributed by atoms with Gasteiger partial charge in [0.05, 0.1) is 5.75 Å². The van der Waals surface area contributed by atoms with Crippen molar-refractivity contribution in [1.29, 1.82) is 0 Å². The van der Waals surface area contributed by atoms with E-state index in [2.05, 4.69) is 14.9 Å². The smallest absolute Gasteiger partial charge is 0.482 e. The Morgan fingerprint density at radius 2 is 1.87 bits per heavy atom. The van der Waals surface area contributed by atoms with Crippen LogP contribution in [0.4, 0.5) is 13.2 Å². The topological polar surface area (TPSA) is 86.5 Å². The standard InChI is InChI=1S/C20H18F3N3O4S/c1-12-9-15(7-8-16(12)29-10-18(27)28)31-11-17-24-25-19(26(17)2)13-3-5-14(6-4-13)30-20(21,22)23/h3-9H,10-11H2,1-2H3,(H,27,28). The second-order valence-electron chi connectivity index (χ2n) is 6.47. The zero-order chi connectivity index (χ0) is 22.6. The first kappa shape index (κ1) is 22.5. The molecule has 0 aliphatic rings. The highest BCUT2D eigenvalue weighted by molar-refractivity contribution is 7.98. The number of benzene rings is 2. The lowest BCUT2D eigenvalue weighted by molar-refractivity contribution is -0.274. The first-order chi connectivity index (χ1) is 14.6. The Morgan fingerprint density at radius 3 is 2.48 bits per heavy atom. The lowest BCUT2D eigenvalue weighted by atomic mass is 10.2. The summed E-state index contributed by atoms with van der Waals surface area (Å²) < 4.78 is 47.7. The number of hydrogen-bond donors (Lipinski definition) is 1. The Balaban J connectivity index is 1.65. The van der Waals surface area contributed by atoms with Crippen LogP contribution >= 0.6 is 11.8 Å². The Labute approximate surface area is 179 Å². The number of aryl methyl sites for hydroxylation is 1. The SMILES string of the molecule is Cc1cc(SCc2nnc(-c3ccc(OC(F)(F)F)cc3)n2C)ccc1OCC(=O)O. The maximum Gasteiger partial charge on any atom is 0.573 e. The van der Waals surface area contributed by atoms with E-state index < -0.39 is 18.9 Å². The molecule has 0 saturated heterocycles. The van der Waals surface area contributed by atoms with Crippen LogP contribution in [0.25, 0.3) is 11.4 Å². The van der Waals surface area contributed by atoms with Gasteiger partial charge in [0.2, 0.25) is 0 Å². The van der Waals surface area contributed by atoms with Crippen LogP contribution in [0.2, 0.25) is 0 Å². The van der Waals surface area contributed by atoms with E-state index in [-0.39, 0.29) is 5.75 Å². The van der Waals surface area contributed by atoms with Crippen LogP contribution in [0.15, 0.2) is 47.4 Å². The van der Waals surface area contributed by atoms with Crippen LogP contribution in [0.5, 0.6) is 11.5 Å². The van der Waals surface area contributed by atoms with Crippen molar-refractivity contribution < 1.29 is 32.5 Å². The van der Waals surface area contributed by atoms with Gasteiger partial charge < -0.3 is 19.1 Å². The third-order valence-electron chi connectivity index (χ3n) is 4.18. The minimum absolute atomic E-state index is 0.305. The molecule has 7 nitrogen and oxygen atoms in total. The fourth-order valence-corrected chi connectivity index (χ4v) is 3.68. The normalized spacial score (nSPS) is 11.4. The van der Waals surface area contributed by atoms with Crippen LogP contribution in [-0.4, -0.2) is 38.8 Å². The molecule has 0 aliphatic heterocycles. The summed E-state index contributed by atoms with van der Waals surface area (Å²) >= 11 is 1.51. The lowest BCUT2D eigenvalue weighted by Gasteiger charge is -2.10. The molecule has 0 spiro atoms. The first-order valence-electron chi connectivity index (χ1n) is 8.95. The average Bonchev–Trinajstić information content (AvgIpc) is 3.05. The van der Waals surface area contributed by atoms with Gasteiger partial charge in [0.25, 0.3) is 0 Å². The molecule has 1 aromatic heterocycles. The van der Waals surface area contributed by atoms with Gasteiger partial charge in [-0.1, -0.05) is 0 Å². The Morgan fingerprint density at radius 1 is 1.16 bits per heavy atom. The van der Waals surface area contributed by atoms with E-state index in [1.54, 1.807) is 17.7 Å². The molecule has 1 N–H and O–H groups in total. The Kier molecular flexibility index (Phi) is 6.74. The Bertz CT molecular complexity index is 1070. The van der Waals surface area contributed by atoms with Gasteiger partial charge in [-0.15, -0.1) is 35.1 Å². The maximum atomic E-state index is 12.3. The van der Waals surface area contributed by atoms with Crippen LogP contribution < -0.4 is 9.47 Å². The van der Waals surface area contributed by atoms with Gasteiger partial charge >= 0.3 is 12.3 Å². The number of hydrogen-bond acceptors (Lipinski definition) is 6. The molecule has 0 amide bonds. The quantitative estimate of drug-likeness (QED) is 0.505. The molecule has 3 rings (SSSR count). The number of aromatic nitrogens is 3. The van der Waals surface area contributed by atoms with E-state index in [4.69, 9.17) is 9.84 Å². The molecule has 0 saturated carbocycles. The molecule has 0 radical (unpaired) electrons. The molecule has 0 atom stereocenters. The fraction of sp³-hybridized carbons (Fsp3) is 0.250. The van der Waals surface area contributed by atoms with E-state index in [0.29, 0.717) is 28.7 Å². The molecule has 2 aromatic carbocycles. The average molecular weight is 453 g/mol. The summed E-state index contributed by atoms with van der Waals surface area (Å²) in [4.78, 5) is 11.6. The van der Waals surface area contributed by atoms with Crippen molar-refractivity contribution in [1.82, 2.24) is 14.8 Å². The molecule has 1 heterocycles. The summed E-state index contributed by atoms with van der Waals surface area (Å²) in [6.45, 7) is 1.42. The van der Waals surface area contributed by atoms with Gasteiger partial charge in [-0.3, -0.25) is 0 Å². The number of alkyl halides is 3. The highest BCUT2D eigenvalue weighted by Gasteiger charge is 2.31. The fourth-order valence-electron chi connectivity index (χ4n) is 2.71. The van der Waals surface area contributed by atoms with Crippen molar-refractivity contribution in [3.05, 3.63) is 53.9 Å². The van der Waals surface area contributed by atoms with E-state index in [9.17, 15) is 18.0 Å². The third kappa shape index (κ3) is 6.14. The van der Waals surface area contributed by atoms with Crippen LogP contribution in [0.1, 0.15) is 11.4 Å². The van der Waals surface area contributed by atoms with Crippen molar-refractivity contribution in [2.24, 2.45) is 7.05 Å². The number of ether oxygens (including phenoxy) is 2. The van der Waals surface area contributed by atoms with Crippen molar-refractivity contribution in [2.75, 3.05) is 6.61 Å². The number of carbonyl (C=O) groups is 1. The highest BCUT2D eigenvalue weighted by atomic mass is 32.2. The van der Waals surface area contributed by atoms with Gasteiger partial charge in [0.15, 0.2) is 12.4 Å². The largest absolute Gasteiger partial charge is 0.573 e. The molecular weight excluding hydrogens is 435 g/mol. The second kappa shape index (κ2) is 9.29. The molecule has 0 fully saturated rings. The van der Waals surface area contributed by atoms with Gasteiger partial charge in [0.1, 0.15) is 17.3 Å². The molecule has 11 heteroatoms. The number of aliphatic carboxylic acids is 1. The maximum absolute atomic E-state index is 12.3. The summed E-state index contributed by atoms with van der Waals surface area (Å²) in [5.74, 6) is 0.861. The molecular formula is C20H18F3N3O4S. The molecule has 31 heavy (non-hydrogen) atoms. The van der Waals surface area contributed by atoms with Crippen LogP contribution in [0, 0.1) is 6.92 Å². The number of nitrogens with zero attached hydrogens (tertiary/aromatic N) is 3. The summed E-state index contributed by atoms with van der Waals surface area (Å²) in [6.07, 6.45) is -4.74. The summed E-state index contributed by atoms with van der Waals surface area (Å²) in [5.41, 5.74) is 1.42. The van der Waals surface area contributed by atoms with Gasteiger partial charge in [-0.25, -0.2) is 4.79 Å². The van der Waals surface area contributed by atoms with Crippen molar-refractivity contribution >= 4 is 17.7 Å². The van der Waals surface area contributed by atoms with E-state index in [1.165, 1.54) is 36.0 Å².